The normalized spacial score (nSPS) is 17.1. The highest BCUT2D eigenvalue weighted by atomic mass is 31.2. The van der Waals surface area contributed by atoms with Crippen molar-refractivity contribution in [1.82, 2.24) is 5.32 Å². The van der Waals surface area contributed by atoms with Crippen molar-refractivity contribution < 1.29 is 36.3 Å². The van der Waals surface area contributed by atoms with Crippen LogP contribution >= 0.6 is 7.60 Å². The van der Waals surface area contributed by atoms with E-state index in [0.717, 1.165) is 19.2 Å². The molecule has 1 aromatic carbocycles. The lowest BCUT2D eigenvalue weighted by Crippen LogP contribution is -2.29. The number of hydrogen-bond donors (Lipinski definition) is 1. The minimum Gasteiger partial charge on any atom is -0.466 e. The molecular formula is C22H25F3NO5P. The summed E-state index contributed by atoms with van der Waals surface area (Å²) in [5.41, 5.74) is -0.160. The third-order valence-corrected chi connectivity index (χ3v) is 6.86. The number of halogens is 3. The van der Waals surface area contributed by atoms with Crippen LogP contribution in [0.15, 0.2) is 71.9 Å². The maximum absolute atomic E-state index is 13.9. The molecule has 1 unspecified atom stereocenters. The summed E-state index contributed by atoms with van der Waals surface area (Å²) >= 11 is 0. The SMILES string of the molecule is C=CCOP(=O)(OCC=C)C1=C(C)NC(C)=C(C(=O)OC)C1c1cccc(C(F)(F)F)c1. The second-order valence-electron chi connectivity index (χ2n) is 6.89. The van der Waals surface area contributed by atoms with E-state index >= 15 is 0 Å². The molecule has 10 heteroatoms. The maximum Gasteiger partial charge on any atom is 0.416 e. The molecule has 0 saturated carbocycles. The van der Waals surface area contributed by atoms with Crippen molar-refractivity contribution in [2.45, 2.75) is 25.9 Å². The standard InChI is InChI=1S/C22H25F3NO5P/c1-6-11-30-32(28,31-12-7-2)20-15(4)26-14(3)18(21(27)29-5)19(20)16-9-8-10-17(13-16)22(23,24)25/h6-10,13,19,26H,1-2,11-12H2,3-5H3. The molecule has 1 aromatic rings. The average molecular weight is 471 g/mol. The molecule has 0 radical (unpaired) electrons. The monoisotopic (exact) mass is 471 g/mol. The van der Waals surface area contributed by atoms with Gasteiger partial charge in [0.05, 0.1) is 42.7 Å². The minimum absolute atomic E-state index is 0.00273. The van der Waals surface area contributed by atoms with Crippen LogP contribution in [-0.4, -0.2) is 26.3 Å². The number of allylic oxidation sites excluding steroid dienone is 3. The molecule has 0 saturated heterocycles. The van der Waals surface area contributed by atoms with Gasteiger partial charge in [-0.25, -0.2) is 4.79 Å². The van der Waals surface area contributed by atoms with Gasteiger partial charge in [-0.2, -0.15) is 13.2 Å². The van der Waals surface area contributed by atoms with Crippen molar-refractivity contribution in [3.8, 4) is 0 Å². The van der Waals surface area contributed by atoms with Crippen LogP contribution in [0, 0.1) is 0 Å². The number of benzene rings is 1. The van der Waals surface area contributed by atoms with E-state index in [2.05, 4.69) is 18.5 Å². The number of esters is 1. The molecule has 1 N–H and O–H groups in total. The number of carbonyl (C=O) groups excluding carboxylic acids is 1. The summed E-state index contributed by atoms with van der Waals surface area (Å²) in [6.07, 6.45) is -1.90. The van der Waals surface area contributed by atoms with E-state index in [4.69, 9.17) is 13.8 Å². The minimum atomic E-state index is -4.62. The molecule has 0 fully saturated rings. The molecule has 0 amide bonds. The Hall–Kier alpha value is -2.61. The van der Waals surface area contributed by atoms with Crippen LogP contribution in [-0.2, 0) is 29.3 Å². The third kappa shape index (κ3) is 5.41. The molecule has 1 atom stereocenters. The van der Waals surface area contributed by atoms with Crippen LogP contribution < -0.4 is 5.32 Å². The van der Waals surface area contributed by atoms with E-state index in [9.17, 15) is 22.5 Å². The maximum atomic E-state index is 13.9. The Balaban J connectivity index is 2.81. The number of methoxy groups -OCH3 is 1. The van der Waals surface area contributed by atoms with Crippen molar-refractivity contribution in [2.24, 2.45) is 0 Å². The van der Waals surface area contributed by atoms with Gasteiger partial charge in [-0.05, 0) is 25.5 Å². The number of hydrogen-bond acceptors (Lipinski definition) is 6. The zero-order valence-electron chi connectivity index (χ0n) is 18.0. The first-order valence-corrected chi connectivity index (χ1v) is 11.1. The summed E-state index contributed by atoms with van der Waals surface area (Å²) in [5.74, 6) is -1.96. The van der Waals surface area contributed by atoms with E-state index in [-0.39, 0.29) is 29.7 Å². The van der Waals surface area contributed by atoms with Crippen LogP contribution in [0.3, 0.4) is 0 Å². The molecule has 2 rings (SSSR count). The highest BCUT2D eigenvalue weighted by Crippen LogP contribution is 2.64. The molecule has 6 nitrogen and oxygen atoms in total. The van der Waals surface area contributed by atoms with Gasteiger partial charge in [0, 0.05) is 11.4 Å². The molecule has 0 aliphatic carbocycles. The van der Waals surface area contributed by atoms with Crippen molar-refractivity contribution in [2.75, 3.05) is 20.3 Å². The van der Waals surface area contributed by atoms with Crippen LogP contribution in [0.4, 0.5) is 13.2 Å². The highest BCUT2D eigenvalue weighted by Gasteiger charge is 2.45. The largest absolute Gasteiger partial charge is 0.466 e. The van der Waals surface area contributed by atoms with Gasteiger partial charge < -0.3 is 19.1 Å². The number of dihydropyridines is 1. The Morgan fingerprint density at radius 3 is 2.25 bits per heavy atom. The van der Waals surface area contributed by atoms with Gasteiger partial charge in [0.2, 0.25) is 0 Å². The summed E-state index contributed by atoms with van der Waals surface area (Å²) in [5, 5.41) is 2.96. The molecule has 0 bridgehead atoms. The van der Waals surface area contributed by atoms with E-state index in [1.54, 1.807) is 13.8 Å². The van der Waals surface area contributed by atoms with Gasteiger partial charge in [-0.3, -0.25) is 4.57 Å². The smallest absolute Gasteiger partial charge is 0.416 e. The lowest BCUT2D eigenvalue weighted by Gasteiger charge is -2.34. The van der Waals surface area contributed by atoms with E-state index < -0.39 is 31.2 Å². The Bertz CT molecular complexity index is 997. The van der Waals surface area contributed by atoms with Gasteiger partial charge in [-0.15, -0.1) is 13.2 Å². The molecule has 32 heavy (non-hydrogen) atoms. The highest BCUT2D eigenvalue weighted by molar-refractivity contribution is 7.58. The fraction of sp³-hybridized carbons (Fsp3) is 0.318. The Morgan fingerprint density at radius 1 is 1.16 bits per heavy atom. The number of ether oxygens (including phenoxy) is 1. The predicted octanol–water partition coefficient (Wildman–Crippen LogP) is 5.67. The first-order valence-electron chi connectivity index (χ1n) is 9.55. The average Bonchev–Trinajstić information content (AvgIpc) is 2.74. The second kappa shape index (κ2) is 10.3. The summed E-state index contributed by atoms with van der Waals surface area (Å²) in [7, 11) is -2.97. The molecule has 1 aliphatic heterocycles. The predicted molar refractivity (Wildman–Crippen MR) is 115 cm³/mol. The summed E-state index contributed by atoms with van der Waals surface area (Å²) in [6.45, 7) is 9.90. The van der Waals surface area contributed by atoms with Gasteiger partial charge in [-0.1, -0.05) is 30.4 Å². The van der Waals surface area contributed by atoms with E-state index in [1.807, 2.05) is 0 Å². The molecule has 0 spiro atoms. The first kappa shape index (κ1) is 25.6. The molecule has 1 aliphatic rings. The zero-order valence-corrected chi connectivity index (χ0v) is 18.9. The first-order chi connectivity index (χ1) is 15.0. The topological polar surface area (TPSA) is 73.9 Å². The number of carbonyl (C=O) groups is 1. The quantitative estimate of drug-likeness (QED) is 0.284. The molecule has 1 heterocycles. The number of alkyl halides is 3. The zero-order chi connectivity index (χ0) is 24.1. The Kier molecular flexibility index (Phi) is 8.29. The summed E-state index contributed by atoms with van der Waals surface area (Å²) in [4.78, 5) is 12.7. The second-order valence-corrected chi connectivity index (χ2v) is 8.88. The third-order valence-electron chi connectivity index (χ3n) is 4.70. The van der Waals surface area contributed by atoms with Crippen molar-refractivity contribution in [3.63, 3.8) is 0 Å². The van der Waals surface area contributed by atoms with Crippen LogP contribution in [0.5, 0.6) is 0 Å². The molecule has 0 aromatic heterocycles. The van der Waals surface area contributed by atoms with Gasteiger partial charge in [0.15, 0.2) is 0 Å². The van der Waals surface area contributed by atoms with Crippen molar-refractivity contribution >= 4 is 13.6 Å². The number of rotatable bonds is 9. The lowest BCUT2D eigenvalue weighted by atomic mass is 9.85. The van der Waals surface area contributed by atoms with Gasteiger partial charge in [0.1, 0.15) is 0 Å². The fourth-order valence-electron chi connectivity index (χ4n) is 3.42. The summed E-state index contributed by atoms with van der Waals surface area (Å²) in [6, 6.07) is 4.46. The van der Waals surface area contributed by atoms with Crippen molar-refractivity contribution in [1.29, 1.82) is 0 Å². The van der Waals surface area contributed by atoms with E-state index in [0.29, 0.717) is 11.4 Å². The number of nitrogens with one attached hydrogen (secondary N) is 1. The van der Waals surface area contributed by atoms with Crippen LogP contribution in [0.2, 0.25) is 0 Å². The van der Waals surface area contributed by atoms with Gasteiger partial charge in [0.25, 0.3) is 0 Å². The Labute approximate surface area is 185 Å². The van der Waals surface area contributed by atoms with Crippen LogP contribution in [0.25, 0.3) is 0 Å². The van der Waals surface area contributed by atoms with Crippen LogP contribution in [0.1, 0.15) is 30.9 Å². The fourth-order valence-corrected chi connectivity index (χ4v) is 5.44. The lowest BCUT2D eigenvalue weighted by molar-refractivity contribution is -0.137. The Morgan fingerprint density at radius 2 is 1.75 bits per heavy atom. The summed E-state index contributed by atoms with van der Waals surface area (Å²) < 4.78 is 70.1. The molecule has 174 valence electrons. The van der Waals surface area contributed by atoms with Gasteiger partial charge >= 0.3 is 19.7 Å². The van der Waals surface area contributed by atoms with Crippen molar-refractivity contribution in [3.05, 3.63) is 83.0 Å². The molecular weight excluding hydrogens is 446 g/mol. The van der Waals surface area contributed by atoms with E-state index in [1.165, 1.54) is 24.3 Å².